The highest BCUT2D eigenvalue weighted by Crippen LogP contribution is 2.17. The third-order valence-corrected chi connectivity index (χ3v) is 3.02. The first-order valence-corrected chi connectivity index (χ1v) is 6.54. The Balaban J connectivity index is 3.05. The molecule has 0 bridgehead atoms. The third-order valence-electron chi connectivity index (χ3n) is 3.02. The number of hydrogen-bond acceptors (Lipinski definition) is 2. The van der Waals surface area contributed by atoms with Crippen molar-refractivity contribution in [1.82, 2.24) is 0 Å². The van der Waals surface area contributed by atoms with Crippen LogP contribution in [0.15, 0.2) is 0 Å². The molecule has 0 amide bonds. The van der Waals surface area contributed by atoms with E-state index in [4.69, 9.17) is 10.0 Å². The van der Waals surface area contributed by atoms with Crippen molar-refractivity contribution in [3.8, 4) is 0 Å². The molecule has 2 nitrogen and oxygen atoms in total. The lowest BCUT2D eigenvalue weighted by atomic mass is 9.71. The summed E-state index contributed by atoms with van der Waals surface area (Å²) in [4.78, 5) is 0. The third kappa shape index (κ3) is 10.3. The van der Waals surface area contributed by atoms with E-state index in [1.54, 1.807) is 0 Å². The predicted molar refractivity (Wildman–Crippen MR) is 66.8 cm³/mol. The van der Waals surface area contributed by atoms with Crippen molar-refractivity contribution < 1.29 is 10.0 Å². The first-order chi connectivity index (χ1) is 7.18. The van der Waals surface area contributed by atoms with E-state index in [0.29, 0.717) is 0 Å². The van der Waals surface area contributed by atoms with Gasteiger partial charge in [-0.2, -0.15) is 0 Å². The van der Waals surface area contributed by atoms with Crippen LogP contribution in [0.4, 0.5) is 0 Å². The lowest BCUT2D eigenvalue weighted by Gasteiger charge is -2.08. The molecule has 1 unspecified atom stereocenters. The summed E-state index contributed by atoms with van der Waals surface area (Å²) in [6, 6.07) is 0. The molecule has 0 saturated heterocycles. The Hall–Kier alpha value is -0.0151. The Kier molecular flexibility index (Phi) is 10.5. The Bertz CT molecular complexity index is 129. The Labute approximate surface area is 95.2 Å². The van der Waals surface area contributed by atoms with Gasteiger partial charge in [-0.05, 0) is 5.82 Å². The fraction of sp³-hybridized carbons (Fsp3) is 1.00. The normalized spacial score (nSPS) is 12.8. The predicted octanol–water partition coefficient (Wildman–Crippen LogP) is 3.38. The highest BCUT2D eigenvalue weighted by Gasteiger charge is 2.16. The maximum atomic E-state index is 8.88. The zero-order chi connectivity index (χ0) is 11.5. The molecule has 0 aromatic heterocycles. The van der Waals surface area contributed by atoms with Crippen LogP contribution in [0.5, 0.6) is 0 Å². The number of hydrogen-bond donors (Lipinski definition) is 2. The van der Waals surface area contributed by atoms with Crippen LogP contribution in [0.1, 0.15) is 71.6 Å². The van der Waals surface area contributed by atoms with Gasteiger partial charge in [0.2, 0.25) is 0 Å². The molecule has 0 fully saturated rings. The van der Waals surface area contributed by atoms with Gasteiger partial charge in [0.1, 0.15) is 0 Å². The molecule has 0 saturated carbocycles. The summed E-state index contributed by atoms with van der Waals surface area (Å²) in [5.41, 5.74) is 0. The van der Waals surface area contributed by atoms with Crippen molar-refractivity contribution in [2.45, 2.75) is 77.5 Å². The zero-order valence-corrected chi connectivity index (χ0v) is 10.4. The minimum Gasteiger partial charge on any atom is -0.427 e. The summed E-state index contributed by atoms with van der Waals surface area (Å²) in [6.07, 6.45) is 11.4. The average molecular weight is 214 g/mol. The molecule has 0 heterocycles. The molecule has 0 rings (SSSR count). The summed E-state index contributed by atoms with van der Waals surface area (Å²) in [6.45, 7) is 4.13. The van der Waals surface area contributed by atoms with Crippen molar-refractivity contribution in [2.24, 2.45) is 0 Å². The van der Waals surface area contributed by atoms with E-state index in [0.717, 1.165) is 12.8 Å². The van der Waals surface area contributed by atoms with Gasteiger partial charge < -0.3 is 10.0 Å². The van der Waals surface area contributed by atoms with Gasteiger partial charge in [-0.3, -0.25) is 0 Å². The first kappa shape index (κ1) is 15.0. The van der Waals surface area contributed by atoms with Crippen LogP contribution in [0.3, 0.4) is 0 Å². The number of unbranched alkanes of at least 4 members (excludes halogenated alkanes) is 7. The maximum Gasteiger partial charge on any atom is 0.454 e. The SMILES string of the molecule is CCCCCCCCCCC(C)B(O)O. The molecule has 90 valence electrons. The van der Waals surface area contributed by atoms with Gasteiger partial charge in [0.15, 0.2) is 0 Å². The zero-order valence-electron chi connectivity index (χ0n) is 10.4. The summed E-state index contributed by atoms with van der Waals surface area (Å²) in [7, 11) is -1.13. The van der Waals surface area contributed by atoms with Gasteiger partial charge in [-0.15, -0.1) is 0 Å². The molecule has 1 atom stereocenters. The fourth-order valence-electron chi connectivity index (χ4n) is 1.75. The second-order valence-corrected chi connectivity index (χ2v) is 4.65. The van der Waals surface area contributed by atoms with Gasteiger partial charge in [0.05, 0.1) is 0 Å². The monoisotopic (exact) mass is 214 g/mol. The van der Waals surface area contributed by atoms with E-state index in [-0.39, 0.29) is 5.82 Å². The van der Waals surface area contributed by atoms with Crippen molar-refractivity contribution in [1.29, 1.82) is 0 Å². The van der Waals surface area contributed by atoms with Crippen LogP contribution >= 0.6 is 0 Å². The minimum atomic E-state index is -1.13. The second kappa shape index (κ2) is 10.5. The van der Waals surface area contributed by atoms with Crippen molar-refractivity contribution in [3.63, 3.8) is 0 Å². The first-order valence-electron chi connectivity index (χ1n) is 6.54. The summed E-state index contributed by atoms with van der Waals surface area (Å²) in [5.74, 6) is 0.0325. The molecular weight excluding hydrogens is 187 g/mol. The van der Waals surface area contributed by atoms with Crippen LogP contribution in [0.2, 0.25) is 5.82 Å². The minimum absolute atomic E-state index is 0.0325. The van der Waals surface area contributed by atoms with Gasteiger partial charge in [-0.1, -0.05) is 71.6 Å². The highest BCUT2D eigenvalue weighted by molar-refractivity contribution is 6.42. The molecule has 0 aliphatic carbocycles. The molecule has 0 spiro atoms. The van der Waals surface area contributed by atoms with E-state index in [1.165, 1.54) is 44.9 Å². The smallest absolute Gasteiger partial charge is 0.427 e. The van der Waals surface area contributed by atoms with Crippen molar-refractivity contribution in [2.75, 3.05) is 0 Å². The van der Waals surface area contributed by atoms with Crippen LogP contribution in [0.25, 0.3) is 0 Å². The molecule has 0 aromatic rings. The van der Waals surface area contributed by atoms with E-state index in [1.807, 2.05) is 6.92 Å². The summed E-state index contributed by atoms with van der Waals surface area (Å²) in [5, 5.41) is 17.8. The molecule has 0 radical (unpaired) electrons. The summed E-state index contributed by atoms with van der Waals surface area (Å²) >= 11 is 0. The number of rotatable bonds is 10. The Morgan fingerprint density at radius 2 is 1.33 bits per heavy atom. The standard InChI is InChI=1S/C12H27BO2/c1-3-4-5-6-7-8-9-10-11-12(2)13(14)15/h12,14-15H,3-11H2,1-2H3. The molecule has 0 aliphatic rings. The van der Waals surface area contributed by atoms with Gasteiger partial charge in [-0.25, -0.2) is 0 Å². The largest absolute Gasteiger partial charge is 0.454 e. The van der Waals surface area contributed by atoms with E-state index >= 15 is 0 Å². The molecule has 2 N–H and O–H groups in total. The van der Waals surface area contributed by atoms with E-state index in [9.17, 15) is 0 Å². The van der Waals surface area contributed by atoms with E-state index < -0.39 is 7.12 Å². The lowest BCUT2D eigenvalue weighted by Crippen LogP contribution is -2.17. The van der Waals surface area contributed by atoms with Crippen LogP contribution in [0, 0.1) is 0 Å². The molecule has 15 heavy (non-hydrogen) atoms. The van der Waals surface area contributed by atoms with Crippen LogP contribution < -0.4 is 0 Å². The quantitative estimate of drug-likeness (QED) is 0.432. The Morgan fingerprint density at radius 1 is 0.867 bits per heavy atom. The second-order valence-electron chi connectivity index (χ2n) is 4.65. The molecular formula is C12H27BO2. The lowest BCUT2D eigenvalue weighted by molar-refractivity contribution is 0.380. The van der Waals surface area contributed by atoms with Crippen LogP contribution in [-0.2, 0) is 0 Å². The van der Waals surface area contributed by atoms with Crippen molar-refractivity contribution >= 4 is 7.12 Å². The van der Waals surface area contributed by atoms with Gasteiger partial charge >= 0.3 is 7.12 Å². The van der Waals surface area contributed by atoms with Gasteiger partial charge in [0, 0.05) is 0 Å². The molecule has 3 heteroatoms. The van der Waals surface area contributed by atoms with E-state index in [2.05, 4.69) is 6.92 Å². The topological polar surface area (TPSA) is 40.5 Å². The van der Waals surface area contributed by atoms with Crippen LogP contribution in [-0.4, -0.2) is 17.2 Å². The van der Waals surface area contributed by atoms with Gasteiger partial charge in [0.25, 0.3) is 0 Å². The Morgan fingerprint density at radius 3 is 1.80 bits per heavy atom. The average Bonchev–Trinajstić information content (AvgIpc) is 2.21. The maximum absolute atomic E-state index is 8.88. The fourth-order valence-corrected chi connectivity index (χ4v) is 1.75. The molecule has 0 aromatic carbocycles. The van der Waals surface area contributed by atoms with Crippen molar-refractivity contribution in [3.05, 3.63) is 0 Å². The summed E-state index contributed by atoms with van der Waals surface area (Å²) < 4.78 is 0. The highest BCUT2D eigenvalue weighted by atomic mass is 16.4. The molecule has 0 aliphatic heterocycles.